The van der Waals surface area contributed by atoms with Crippen molar-refractivity contribution in [3.05, 3.63) is 53.6 Å². The molecule has 20 heavy (non-hydrogen) atoms. The Bertz CT molecular complexity index is 557. The topological polar surface area (TPSA) is 26.0 Å². The molecule has 0 aliphatic rings. The van der Waals surface area contributed by atoms with E-state index in [0.29, 0.717) is 0 Å². The van der Waals surface area contributed by atoms with E-state index >= 15 is 0 Å². The molecule has 2 N–H and O–H groups in total. The van der Waals surface area contributed by atoms with Gasteiger partial charge in [0.05, 0.1) is 0 Å². The Kier molecular flexibility index (Phi) is 5.23. The first kappa shape index (κ1) is 14.6. The molecule has 0 amide bonds. The molecule has 0 aromatic heterocycles. The quantitative estimate of drug-likeness (QED) is 0.553. The predicted octanol–water partition coefficient (Wildman–Crippen LogP) is 5.37. The van der Waals surface area contributed by atoms with Crippen molar-refractivity contribution in [3.8, 4) is 11.1 Å². The molecule has 0 unspecified atom stereocenters. The van der Waals surface area contributed by atoms with E-state index < -0.39 is 0 Å². The second kappa shape index (κ2) is 7.14. The highest BCUT2D eigenvalue weighted by Gasteiger charge is 2.07. The van der Waals surface area contributed by atoms with Crippen molar-refractivity contribution in [2.45, 2.75) is 46.0 Å². The van der Waals surface area contributed by atoms with Gasteiger partial charge in [-0.25, -0.2) is 0 Å². The third-order valence-electron chi connectivity index (χ3n) is 3.82. The van der Waals surface area contributed by atoms with Gasteiger partial charge >= 0.3 is 0 Å². The molecule has 0 fully saturated rings. The summed E-state index contributed by atoms with van der Waals surface area (Å²) in [7, 11) is 0. The van der Waals surface area contributed by atoms with Crippen molar-refractivity contribution in [1.82, 2.24) is 0 Å². The summed E-state index contributed by atoms with van der Waals surface area (Å²) in [6, 6.07) is 14.9. The molecule has 0 aliphatic heterocycles. The Labute approximate surface area is 122 Å². The van der Waals surface area contributed by atoms with Crippen LogP contribution in [0.2, 0.25) is 0 Å². The molecule has 0 saturated heterocycles. The number of hydrogen-bond acceptors (Lipinski definition) is 1. The molecule has 0 bridgehead atoms. The van der Waals surface area contributed by atoms with Crippen LogP contribution < -0.4 is 5.73 Å². The summed E-state index contributed by atoms with van der Waals surface area (Å²) in [6.07, 6.45) is 6.33. The van der Waals surface area contributed by atoms with Crippen LogP contribution >= 0.6 is 0 Å². The van der Waals surface area contributed by atoms with Crippen LogP contribution in [0.1, 0.15) is 43.7 Å². The Hall–Kier alpha value is -1.76. The number of nitrogen functional groups attached to an aromatic ring is 1. The number of aryl methyl sites for hydroxylation is 2. The molecule has 0 spiro atoms. The summed E-state index contributed by atoms with van der Waals surface area (Å²) < 4.78 is 0. The van der Waals surface area contributed by atoms with Crippen molar-refractivity contribution in [3.63, 3.8) is 0 Å². The summed E-state index contributed by atoms with van der Waals surface area (Å²) in [5.41, 5.74) is 12.2. The minimum absolute atomic E-state index is 0.872. The third kappa shape index (κ3) is 3.63. The van der Waals surface area contributed by atoms with E-state index in [0.717, 1.165) is 12.1 Å². The average Bonchev–Trinajstić information content (AvgIpc) is 2.47. The first-order chi connectivity index (χ1) is 9.72. The van der Waals surface area contributed by atoms with Gasteiger partial charge < -0.3 is 5.73 Å². The van der Waals surface area contributed by atoms with E-state index in [1.807, 2.05) is 6.07 Å². The van der Waals surface area contributed by atoms with E-state index in [9.17, 15) is 0 Å². The maximum absolute atomic E-state index is 6.17. The number of unbranched alkanes of at least 4 members (excludes halogenated alkanes) is 3. The molecule has 2 rings (SSSR count). The van der Waals surface area contributed by atoms with Crippen LogP contribution in [0.5, 0.6) is 0 Å². The highest BCUT2D eigenvalue weighted by atomic mass is 14.6. The minimum Gasteiger partial charge on any atom is -0.398 e. The molecular weight excluding hydrogens is 242 g/mol. The molecule has 2 aromatic carbocycles. The van der Waals surface area contributed by atoms with Crippen molar-refractivity contribution < 1.29 is 0 Å². The lowest BCUT2D eigenvalue weighted by atomic mass is 9.94. The predicted molar refractivity (Wildman–Crippen MR) is 88.9 cm³/mol. The fourth-order valence-electron chi connectivity index (χ4n) is 2.65. The first-order valence-electron chi connectivity index (χ1n) is 7.66. The zero-order valence-corrected chi connectivity index (χ0v) is 12.7. The standard InChI is InChI=1S/C19H25N/c1-3-4-5-6-9-16-10-7-8-11-17(16)18-14-15(2)12-13-19(18)20/h7-8,10-14H,3-6,9,20H2,1-2H3. The van der Waals surface area contributed by atoms with Crippen molar-refractivity contribution in [2.75, 3.05) is 5.73 Å². The highest BCUT2D eigenvalue weighted by Crippen LogP contribution is 2.30. The minimum atomic E-state index is 0.872. The molecule has 1 heteroatoms. The van der Waals surface area contributed by atoms with Gasteiger partial charge in [-0.1, -0.05) is 62.1 Å². The Morgan fingerprint density at radius 3 is 2.50 bits per heavy atom. The van der Waals surface area contributed by atoms with Crippen LogP contribution in [0.4, 0.5) is 5.69 Å². The Balaban J connectivity index is 2.25. The summed E-state index contributed by atoms with van der Waals surface area (Å²) in [5.74, 6) is 0. The largest absolute Gasteiger partial charge is 0.398 e. The van der Waals surface area contributed by atoms with E-state index in [1.54, 1.807) is 0 Å². The van der Waals surface area contributed by atoms with Gasteiger partial charge in [-0.15, -0.1) is 0 Å². The number of benzene rings is 2. The first-order valence-corrected chi connectivity index (χ1v) is 7.66. The van der Waals surface area contributed by atoms with Crippen LogP contribution in [-0.2, 0) is 6.42 Å². The average molecular weight is 267 g/mol. The van der Waals surface area contributed by atoms with E-state index in [1.165, 1.54) is 47.9 Å². The molecule has 0 radical (unpaired) electrons. The van der Waals surface area contributed by atoms with Crippen LogP contribution in [0.25, 0.3) is 11.1 Å². The number of nitrogens with two attached hydrogens (primary N) is 1. The number of hydrogen-bond donors (Lipinski definition) is 1. The Morgan fingerprint density at radius 1 is 0.900 bits per heavy atom. The summed E-state index contributed by atoms with van der Waals surface area (Å²) in [5, 5.41) is 0. The molecule has 0 aliphatic carbocycles. The van der Waals surface area contributed by atoms with Gasteiger partial charge in [0.25, 0.3) is 0 Å². The van der Waals surface area contributed by atoms with Crippen molar-refractivity contribution in [2.24, 2.45) is 0 Å². The SMILES string of the molecule is CCCCCCc1ccccc1-c1cc(C)ccc1N. The maximum atomic E-state index is 6.17. The number of anilines is 1. The van der Waals surface area contributed by atoms with Crippen molar-refractivity contribution in [1.29, 1.82) is 0 Å². The molecule has 1 nitrogen and oxygen atoms in total. The second-order valence-electron chi connectivity index (χ2n) is 5.56. The summed E-state index contributed by atoms with van der Waals surface area (Å²) in [4.78, 5) is 0. The molecule has 106 valence electrons. The lowest BCUT2D eigenvalue weighted by molar-refractivity contribution is 0.667. The fourth-order valence-corrected chi connectivity index (χ4v) is 2.65. The molecule has 0 saturated carbocycles. The monoisotopic (exact) mass is 267 g/mol. The van der Waals surface area contributed by atoms with Crippen LogP contribution in [-0.4, -0.2) is 0 Å². The molecular formula is C19H25N. The van der Waals surface area contributed by atoms with Crippen molar-refractivity contribution >= 4 is 5.69 Å². The van der Waals surface area contributed by atoms with Gasteiger partial charge in [-0.05, 0) is 43.0 Å². The van der Waals surface area contributed by atoms with Gasteiger partial charge in [-0.2, -0.15) is 0 Å². The second-order valence-corrected chi connectivity index (χ2v) is 5.56. The van der Waals surface area contributed by atoms with Gasteiger partial charge in [0.2, 0.25) is 0 Å². The van der Waals surface area contributed by atoms with E-state index in [-0.39, 0.29) is 0 Å². The highest BCUT2D eigenvalue weighted by molar-refractivity contribution is 5.79. The van der Waals surface area contributed by atoms with Gasteiger partial charge in [0.15, 0.2) is 0 Å². The third-order valence-corrected chi connectivity index (χ3v) is 3.82. The molecule has 0 heterocycles. The lowest BCUT2D eigenvalue weighted by Gasteiger charge is -2.12. The van der Waals surface area contributed by atoms with Gasteiger partial charge in [0.1, 0.15) is 0 Å². The van der Waals surface area contributed by atoms with Crippen LogP contribution in [0, 0.1) is 6.92 Å². The summed E-state index contributed by atoms with van der Waals surface area (Å²) >= 11 is 0. The Morgan fingerprint density at radius 2 is 1.70 bits per heavy atom. The van der Waals surface area contributed by atoms with Gasteiger partial charge in [-0.3, -0.25) is 0 Å². The van der Waals surface area contributed by atoms with E-state index in [4.69, 9.17) is 5.73 Å². The number of rotatable bonds is 6. The zero-order chi connectivity index (χ0) is 14.4. The normalized spacial score (nSPS) is 10.7. The summed E-state index contributed by atoms with van der Waals surface area (Å²) in [6.45, 7) is 4.37. The molecule has 2 aromatic rings. The fraction of sp³-hybridized carbons (Fsp3) is 0.368. The maximum Gasteiger partial charge on any atom is 0.0394 e. The van der Waals surface area contributed by atoms with Gasteiger partial charge in [0, 0.05) is 11.3 Å². The smallest absolute Gasteiger partial charge is 0.0394 e. The van der Waals surface area contributed by atoms with Crippen LogP contribution in [0.15, 0.2) is 42.5 Å². The van der Waals surface area contributed by atoms with E-state index in [2.05, 4.69) is 50.2 Å². The lowest BCUT2D eigenvalue weighted by Crippen LogP contribution is -1.95. The van der Waals surface area contributed by atoms with Crippen LogP contribution in [0.3, 0.4) is 0 Å². The zero-order valence-electron chi connectivity index (χ0n) is 12.7. The molecule has 0 atom stereocenters.